The fourth-order valence-corrected chi connectivity index (χ4v) is 1.54. The molecule has 0 fully saturated rings. The summed E-state index contributed by atoms with van der Waals surface area (Å²) in [6.07, 6.45) is 0.297. The highest BCUT2D eigenvalue weighted by Gasteiger charge is 2.16. The fraction of sp³-hybridized carbons (Fsp3) is 0.364. The standard InChI is InChI=1S/C11H14N2O4/c1-7-5-8(3-4-10(7)13(15)16)6-9(12)11(14)17-2/h3-5,9H,6,12H2,1-2H3. The molecule has 0 spiro atoms. The van der Waals surface area contributed by atoms with Gasteiger partial charge in [-0.2, -0.15) is 0 Å². The van der Waals surface area contributed by atoms with Gasteiger partial charge in [0.25, 0.3) is 5.69 Å². The van der Waals surface area contributed by atoms with Crippen LogP contribution in [-0.4, -0.2) is 24.0 Å². The summed E-state index contributed by atoms with van der Waals surface area (Å²) in [4.78, 5) is 21.3. The van der Waals surface area contributed by atoms with Crippen molar-refractivity contribution < 1.29 is 14.5 Å². The third kappa shape index (κ3) is 3.25. The molecule has 1 unspecified atom stereocenters. The lowest BCUT2D eigenvalue weighted by Gasteiger charge is -2.09. The van der Waals surface area contributed by atoms with Crippen molar-refractivity contribution in [3.05, 3.63) is 39.4 Å². The molecule has 0 aromatic heterocycles. The highest BCUT2D eigenvalue weighted by atomic mass is 16.6. The van der Waals surface area contributed by atoms with Gasteiger partial charge in [-0.25, -0.2) is 0 Å². The normalized spacial score (nSPS) is 11.9. The van der Waals surface area contributed by atoms with E-state index in [9.17, 15) is 14.9 Å². The molecule has 0 saturated heterocycles. The molecule has 0 saturated carbocycles. The van der Waals surface area contributed by atoms with Crippen LogP contribution in [0.5, 0.6) is 0 Å². The van der Waals surface area contributed by atoms with Gasteiger partial charge in [-0.3, -0.25) is 14.9 Å². The van der Waals surface area contributed by atoms with Crippen LogP contribution >= 0.6 is 0 Å². The Balaban J connectivity index is 2.84. The van der Waals surface area contributed by atoms with Gasteiger partial charge in [0.1, 0.15) is 6.04 Å². The highest BCUT2D eigenvalue weighted by molar-refractivity contribution is 5.75. The topological polar surface area (TPSA) is 95.5 Å². The molecule has 0 radical (unpaired) electrons. The van der Waals surface area contributed by atoms with E-state index in [1.165, 1.54) is 13.2 Å². The molecule has 0 aliphatic carbocycles. The van der Waals surface area contributed by atoms with Gasteiger partial charge in [0, 0.05) is 11.6 Å². The second-order valence-corrected chi connectivity index (χ2v) is 3.71. The molecule has 0 aliphatic heterocycles. The van der Waals surface area contributed by atoms with Crippen molar-refractivity contribution in [2.75, 3.05) is 7.11 Å². The first kappa shape index (κ1) is 13.1. The van der Waals surface area contributed by atoms with Crippen LogP contribution in [0.4, 0.5) is 5.69 Å². The summed E-state index contributed by atoms with van der Waals surface area (Å²) in [7, 11) is 1.27. The molecule has 1 atom stereocenters. The highest BCUT2D eigenvalue weighted by Crippen LogP contribution is 2.19. The maximum atomic E-state index is 11.1. The Bertz CT molecular complexity index is 445. The number of nitrogens with zero attached hydrogens (tertiary/aromatic N) is 1. The van der Waals surface area contributed by atoms with E-state index in [4.69, 9.17) is 5.73 Å². The first-order chi connectivity index (χ1) is 7.95. The van der Waals surface area contributed by atoms with Gasteiger partial charge in [-0.15, -0.1) is 0 Å². The number of rotatable bonds is 4. The molecule has 0 heterocycles. The van der Waals surface area contributed by atoms with Gasteiger partial charge in [-0.05, 0) is 25.0 Å². The van der Waals surface area contributed by atoms with Crippen LogP contribution in [0.2, 0.25) is 0 Å². The molecule has 17 heavy (non-hydrogen) atoms. The Morgan fingerprint density at radius 3 is 2.71 bits per heavy atom. The van der Waals surface area contributed by atoms with E-state index in [0.717, 1.165) is 5.56 Å². The maximum absolute atomic E-state index is 11.1. The Labute approximate surface area is 98.5 Å². The number of hydrogen-bond donors (Lipinski definition) is 1. The van der Waals surface area contributed by atoms with Crippen molar-refractivity contribution in [3.8, 4) is 0 Å². The minimum Gasteiger partial charge on any atom is -0.468 e. The van der Waals surface area contributed by atoms with E-state index >= 15 is 0 Å². The summed E-state index contributed by atoms with van der Waals surface area (Å²) >= 11 is 0. The third-order valence-corrected chi connectivity index (χ3v) is 2.42. The quantitative estimate of drug-likeness (QED) is 0.478. The number of aryl methyl sites for hydroxylation is 1. The average molecular weight is 238 g/mol. The lowest BCUT2D eigenvalue weighted by molar-refractivity contribution is -0.385. The van der Waals surface area contributed by atoms with E-state index in [1.807, 2.05) is 0 Å². The number of nitro benzene ring substituents is 1. The van der Waals surface area contributed by atoms with E-state index in [-0.39, 0.29) is 5.69 Å². The summed E-state index contributed by atoms with van der Waals surface area (Å²) in [5.41, 5.74) is 6.97. The van der Waals surface area contributed by atoms with E-state index in [0.29, 0.717) is 12.0 Å². The molecular weight excluding hydrogens is 224 g/mol. The van der Waals surface area contributed by atoms with E-state index in [1.54, 1.807) is 19.1 Å². The summed E-state index contributed by atoms with van der Waals surface area (Å²) in [6, 6.07) is 3.91. The zero-order valence-corrected chi connectivity index (χ0v) is 9.67. The number of methoxy groups -OCH3 is 1. The molecular formula is C11H14N2O4. The van der Waals surface area contributed by atoms with Crippen molar-refractivity contribution in [1.29, 1.82) is 0 Å². The van der Waals surface area contributed by atoms with Crippen LogP contribution in [0.25, 0.3) is 0 Å². The summed E-state index contributed by atoms with van der Waals surface area (Å²) in [5.74, 6) is -0.499. The Hall–Kier alpha value is -1.95. The predicted octanol–water partition coefficient (Wildman–Crippen LogP) is 0.946. The van der Waals surface area contributed by atoms with Gasteiger partial charge < -0.3 is 10.5 Å². The van der Waals surface area contributed by atoms with Crippen LogP contribution in [0.15, 0.2) is 18.2 Å². The second-order valence-electron chi connectivity index (χ2n) is 3.71. The maximum Gasteiger partial charge on any atom is 0.322 e. The van der Waals surface area contributed by atoms with Gasteiger partial charge in [0.05, 0.1) is 12.0 Å². The molecule has 2 N–H and O–H groups in total. The fourth-order valence-electron chi connectivity index (χ4n) is 1.54. The Morgan fingerprint density at radius 1 is 1.59 bits per heavy atom. The first-order valence-corrected chi connectivity index (χ1v) is 5.03. The molecule has 0 amide bonds. The molecule has 0 bridgehead atoms. The number of benzene rings is 1. The van der Waals surface area contributed by atoms with Crippen LogP contribution in [0, 0.1) is 17.0 Å². The summed E-state index contributed by atoms with van der Waals surface area (Å²) < 4.78 is 4.50. The lowest BCUT2D eigenvalue weighted by Crippen LogP contribution is -2.33. The zero-order chi connectivity index (χ0) is 13.0. The van der Waals surface area contributed by atoms with Gasteiger partial charge in [0.2, 0.25) is 0 Å². The smallest absolute Gasteiger partial charge is 0.322 e. The van der Waals surface area contributed by atoms with Crippen LogP contribution in [0.3, 0.4) is 0 Å². The molecule has 1 aromatic carbocycles. The Morgan fingerprint density at radius 2 is 2.24 bits per heavy atom. The molecule has 92 valence electrons. The number of esters is 1. The summed E-state index contributed by atoms with van der Waals surface area (Å²) in [6.45, 7) is 1.64. The number of ether oxygens (including phenoxy) is 1. The third-order valence-electron chi connectivity index (χ3n) is 2.42. The molecule has 6 nitrogen and oxygen atoms in total. The monoisotopic (exact) mass is 238 g/mol. The number of nitro groups is 1. The SMILES string of the molecule is COC(=O)C(N)Cc1ccc([N+](=O)[O-])c(C)c1. The first-order valence-electron chi connectivity index (χ1n) is 5.03. The average Bonchev–Trinajstić information content (AvgIpc) is 2.27. The summed E-state index contributed by atoms with van der Waals surface area (Å²) in [5, 5.41) is 10.6. The van der Waals surface area contributed by atoms with Crippen molar-refractivity contribution in [2.24, 2.45) is 5.73 Å². The molecule has 1 aromatic rings. The zero-order valence-electron chi connectivity index (χ0n) is 9.67. The molecule has 0 aliphatic rings. The number of hydrogen-bond acceptors (Lipinski definition) is 5. The van der Waals surface area contributed by atoms with Crippen molar-refractivity contribution in [1.82, 2.24) is 0 Å². The number of nitrogens with two attached hydrogens (primary N) is 1. The number of carbonyl (C=O) groups is 1. The van der Waals surface area contributed by atoms with Crippen LogP contribution < -0.4 is 5.73 Å². The van der Waals surface area contributed by atoms with Gasteiger partial charge in [0.15, 0.2) is 0 Å². The van der Waals surface area contributed by atoms with Gasteiger partial charge >= 0.3 is 5.97 Å². The molecule has 1 rings (SSSR count). The second kappa shape index (κ2) is 5.40. The van der Waals surface area contributed by atoms with Crippen molar-refractivity contribution >= 4 is 11.7 Å². The van der Waals surface area contributed by atoms with Crippen molar-refractivity contribution in [2.45, 2.75) is 19.4 Å². The largest absolute Gasteiger partial charge is 0.468 e. The van der Waals surface area contributed by atoms with Crippen LogP contribution in [-0.2, 0) is 16.0 Å². The Kier molecular flexibility index (Phi) is 4.17. The van der Waals surface area contributed by atoms with E-state index < -0.39 is 16.9 Å². The van der Waals surface area contributed by atoms with Crippen molar-refractivity contribution in [3.63, 3.8) is 0 Å². The van der Waals surface area contributed by atoms with E-state index in [2.05, 4.69) is 4.74 Å². The minimum atomic E-state index is -0.749. The number of carbonyl (C=O) groups excluding carboxylic acids is 1. The van der Waals surface area contributed by atoms with Crippen LogP contribution in [0.1, 0.15) is 11.1 Å². The minimum absolute atomic E-state index is 0.0559. The molecule has 6 heteroatoms. The predicted molar refractivity (Wildman–Crippen MR) is 61.5 cm³/mol. The van der Waals surface area contributed by atoms with Gasteiger partial charge in [-0.1, -0.05) is 6.07 Å². The lowest BCUT2D eigenvalue weighted by atomic mass is 10.0.